The molecule has 0 aliphatic rings. The molecular weight excluding hydrogens is 367 g/mol. The zero-order valence-electron chi connectivity index (χ0n) is 12.5. The number of hydrogen-bond acceptors (Lipinski definition) is 0. The summed E-state index contributed by atoms with van der Waals surface area (Å²) >= 11 is 16.1. The van der Waals surface area contributed by atoms with Gasteiger partial charge in [-0.1, -0.05) is 96.3 Å². The fourth-order valence-corrected chi connectivity index (χ4v) is 3.44. The normalized spacial score (nSPS) is 13.2. The van der Waals surface area contributed by atoms with Crippen LogP contribution in [0.1, 0.15) is 48.7 Å². The molecule has 0 nitrogen and oxygen atoms in total. The summed E-state index contributed by atoms with van der Waals surface area (Å²) in [6, 6.07) is 14.4. The van der Waals surface area contributed by atoms with Crippen LogP contribution in [-0.2, 0) is 5.41 Å². The van der Waals surface area contributed by atoms with Crippen molar-refractivity contribution in [2.24, 2.45) is 0 Å². The summed E-state index contributed by atoms with van der Waals surface area (Å²) in [5, 5.41) is 1.20. The third-order valence-corrected chi connectivity index (χ3v) is 5.98. The van der Waals surface area contributed by atoms with Crippen LogP contribution in [0.2, 0.25) is 10.0 Å². The molecule has 0 heterocycles. The highest BCUT2D eigenvalue weighted by atomic mass is 79.9. The van der Waals surface area contributed by atoms with E-state index in [0.717, 1.165) is 12.0 Å². The van der Waals surface area contributed by atoms with Crippen molar-refractivity contribution >= 4 is 39.1 Å². The molecule has 2 rings (SSSR count). The summed E-state index contributed by atoms with van der Waals surface area (Å²) < 4.78 is 0. The maximum Gasteiger partial charge on any atom is 0.0659 e. The van der Waals surface area contributed by atoms with Gasteiger partial charge in [0.15, 0.2) is 0 Å². The van der Waals surface area contributed by atoms with E-state index >= 15 is 0 Å². The molecule has 0 fully saturated rings. The highest BCUT2D eigenvalue weighted by Gasteiger charge is 2.19. The summed E-state index contributed by atoms with van der Waals surface area (Å²) in [6.07, 6.45) is 1.12. The number of alkyl halides is 1. The average molecular weight is 386 g/mol. The molecule has 3 heteroatoms. The van der Waals surface area contributed by atoms with E-state index in [4.69, 9.17) is 23.2 Å². The lowest BCUT2D eigenvalue weighted by molar-refractivity contribution is 0.506. The summed E-state index contributed by atoms with van der Waals surface area (Å²) in [7, 11) is 0. The molecule has 0 amide bonds. The average Bonchev–Trinajstić information content (AvgIpc) is 2.49. The quantitative estimate of drug-likeness (QED) is 0.489. The third kappa shape index (κ3) is 3.64. The maximum atomic E-state index is 6.30. The van der Waals surface area contributed by atoms with Gasteiger partial charge in [0, 0.05) is 0 Å². The topological polar surface area (TPSA) is 0 Å². The van der Waals surface area contributed by atoms with Gasteiger partial charge in [0.05, 0.1) is 14.9 Å². The van der Waals surface area contributed by atoms with E-state index in [2.05, 4.69) is 61.0 Å². The Morgan fingerprint density at radius 2 is 1.67 bits per heavy atom. The van der Waals surface area contributed by atoms with Crippen LogP contribution >= 0.6 is 39.1 Å². The van der Waals surface area contributed by atoms with E-state index < -0.39 is 0 Å². The van der Waals surface area contributed by atoms with E-state index in [1.54, 1.807) is 6.07 Å². The Morgan fingerprint density at radius 1 is 1.05 bits per heavy atom. The molecule has 0 saturated carbocycles. The standard InChI is InChI=1S/C18H19BrCl2/c1-4-18(2,3)13-10-8-12(9-11-13)16(19)14-6-5-7-15(20)17(14)21/h5-11,16H,4H2,1-3H3. The van der Waals surface area contributed by atoms with Crippen molar-refractivity contribution in [1.82, 2.24) is 0 Å². The fourth-order valence-electron chi connectivity index (χ4n) is 2.20. The monoisotopic (exact) mass is 384 g/mol. The lowest BCUT2D eigenvalue weighted by atomic mass is 9.82. The van der Waals surface area contributed by atoms with Gasteiger partial charge in [-0.25, -0.2) is 0 Å². The molecule has 0 aromatic heterocycles. The van der Waals surface area contributed by atoms with Crippen LogP contribution in [0.25, 0.3) is 0 Å². The molecule has 1 unspecified atom stereocenters. The van der Waals surface area contributed by atoms with Gasteiger partial charge >= 0.3 is 0 Å². The van der Waals surface area contributed by atoms with Crippen molar-refractivity contribution < 1.29 is 0 Å². The zero-order valence-corrected chi connectivity index (χ0v) is 15.6. The Hall–Kier alpha value is -0.500. The van der Waals surface area contributed by atoms with Crippen LogP contribution in [0.15, 0.2) is 42.5 Å². The van der Waals surface area contributed by atoms with Crippen molar-refractivity contribution in [1.29, 1.82) is 0 Å². The predicted octanol–water partition coefficient (Wildman–Crippen LogP) is 7.17. The van der Waals surface area contributed by atoms with Crippen LogP contribution < -0.4 is 0 Å². The van der Waals surface area contributed by atoms with Crippen LogP contribution in [0.3, 0.4) is 0 Å². The Bertz CT molecular complexity index is 618. The first-order valence-corrected chi connectivity index (χ1v) is 8.72. The lowest BCUT2D eigenvalue weighted by Crippen LogP contribution is -2.15. The van der Waals surface area contributed by atoms with Gasteiger partial charge < -0.3 is 0 Å². The summed E-state index contributed by atoms with van der Waals surface area (Å²) in [5.74, 6) is 0. The van der Waals surface area contributed by atoms with Crippen molar-refractivity contribution in [3.63, 3.8) is 0 Å². The Kier molecular flexibility index (Phi) is 5.40. The second-order valence-electron chi connectivity index (χ2n) is 5.87. The van der Waals surface area contributed by atoms with Gasteiger partial charge in [0.25, 0.3) is 0 Å². The Balaban J connectivity index is 2.32. The molecule has 0 spiro atoms. The minimum Gasteiger partial charge on any atom is -0.0827 e. The second-order valence-corrected chi connectivity index (χ2v) is 7.57. The molecule has 21 heavy (non-hydrogen) atoms. The summed E-state index contributed by atoms with van der Waals surface area (Å²) in [6.45, 7) is 6.75. The van der Waals surface area contributed by atoms with E-state index in [9.17, 15) is 0 Å². The van der Waals surface area contributed by atoms with Crippen molar-refractivity contribution in [3.8, 4) is 0 Å². The van der Waals surface area contributed by atoms with Gasteiger partial charge in [-0.05, 0) is 34.6 Å². The van der Waals surface area contributed by atoms with Gasteiger partial charge in [0.2, 0.25) is 0 Å². The Labute approximate surface area is 145 Å². The first-order valence-electron chi connectivity index (χ1n) is 7.05. The summed E-state index contributed by atoms with van der Waals surface area (Å²) in [5.41, 5.74) is 3.72. The fraction of sp³-hybridized carbons (Fsp3) is 0.333. The number of benzene rings is 2. The molecule has 2 aromatic carbocycles. The van der Waals surface area contributed by atoms with Gasteiger partial charge in [-0.3, -0.25) is 0 Å². The van der Waals surface area contributed by atoms with Crippen LogP contribution in [-0.4, -0.2) is 0 Å². The largest absolute Gasteiger partial charge is 0.0827 e. The van der Waals surface area contributed by atoms with E-state index in [1.807, 2.05) is 12.1 Å². The number of halogens is 3. The number of rotatable bonds is 4. The van der Waals surface area contributed by atoms with Gasteiger partial charge in [0.1, 0.15) is 0 Å². The van der Waals surface area contributed by atoms with Gasteiger partial charge in [-0.2, -0.15) is 0 Å². The van der Waals surface area contributed by atoms with E-state index in [0.29, 0.717) is 10.0 Å². The van der Waals surface area contributed by atoms with Crippen molar-refractivity contribution in [2.45, 2.75) is 37.4 Å². The van der Waals surface area contributed by atoms with Crippen molar-refractivity contribution in [3.05, 3.63) is 69.2 Å². The number of hydrogen-bond donors (Lipinski definition) is 0. The summed E-state index contributed by atoms with van der Waals surface area (Å²) in [4.78, 5) is 0.0440. The SMILES string of the molecule is CCC(C)(C)c1ccc(C(Br)c2cccc(Cl)c2Cl)cc1. The maximum absolute atomic E-state index is 6.30. The smallest absolute Gasteiger partial charge is 0.0659 e. The third-order valence-electron chi connectivity index (χ3n) is 4.12. The molecule has 0 N–H and O–H groups in total. The zero-order chi connectivity index (χ0) is 15.6. The van der Waals surface area contributed by atoms with Crippen molar-refractivity contribution in [2.75, 3.05) is 0 Å². The molecular formula is C18H19BrCl2. The van der Waals surface area contributed by atoms with E-state index in [1.165, 1.54) is 11.1 Å². The molecule has 0 saturated heterocycles. The highest BCUT2D eigenvalue weighted by Crippen LogP contribution is 2.39. The predicted molar refractivity (Wildman–Crippen MR) is 97.0 cm³/mol. The molecule has 2 aromatic rings. The molecule has 1 atom stereocenters. The molecule has 112 valence electrons. The molecule has 0 bridgehead atoms. The Morgan fingerprint density at radius 3 is 2.24 bits per heavy atom. The molecule has 0 aliphatic heterocycles. The first kappa shape index (κ1) is 16.9. The van der Waals surface area contributed by atoms with E-state index in [-0.39, 0.29) is 10.2 Å². The van der Waals surface area contributed by atoms with Gasteiger partial charge in [-0.15, -0.1) is 0 Å². The highest BCUT2D eigenvalue weighted by molar-refractivity contribution is 9.09. The minimum absolute atomic E-state index is 0.0440. The van der Waals surface area contributed by atoms with Crippen LogP contribution in [0.4, 0.5) is 0 Å². The second kappa shape index (κ2) is 6.73. The molecule has 0 radical (unpaired) electrons. The van der Waals surface area contributed by atoms with Crippen LogP contribution in [0, 0.1) is 0 Å². The minimum atomic E-state index is 0.0440. The molecule has 0 aliphatic carbocycles. The van der Waals surface area contributed by atoms with Crippen LogP contribution in [0.5, 0.6) is 0 Å². The first-order chi connectivity index (χ1) is 9.86. The lowest BCUT2D eigenvalue weighted by Gasteiger charge is -2.24.